The predicted octanol–water partition coefficient (Wildman–Crippen LogP) is 3.24. The number of benzene rings is 1. The van der Waals surface area contributed by atoms with Gasteiger partial charge in [-0.3, -0.25) is 9.69 Å². The van der Waals surface area contributed by atoms with Crippen LogP contribution in [0.4, 0.5) is 5.82 Å². The average molecular weight is 413 g/mol. The molecular weight excluding hydrogens is 380 g/mol. The lowest BCUT2D eigenvalue weighted by Gasteiger charge is -2.24. The predicted molar refractivity (Wildman–Crippen MR) is 115 cm³/mol. The minimum atomic E-state index is -0.531. The van der Waals surface area contributed by atoms with Crippen LogP contribution in [-0.2, 0) is 20.8 Å². The standard InChI is InChI=1S/C23H32N4O3/c1-18(30-17-21-9-5-6-14-29-21)23(28)25-22-10-12-24-27(22)20-11-13-26(16-20)15-19-7-3-2-4-8-19/h2-4,7-8,10,12,18,20-21H,5-6,9,11,13-17H2,1H3,(H,25,28)/t18-,20-,21-/m0/s1. The molecule has 0 aliphatic carbocycles. The average Bonchev–Trinajstić information content (AvgIpc) is 3.42. The first-order valence-electron chi connectivity index (χ1n) is 11.0. The van der Waals surface area contributed by atoms with E-state index < -0.39 is 6.10 Å². The molecular formula is C23H32N4O3. The van der Waals surface area contributed by atoms with E-state index in [-0.39, 0.29) is 18.1 Å². The molecule has 3 atom stereocenters. The Kier molecular flexibility index (Phi) is 7.15. The zero-order valence-corrected chi connectivity index (χ0v) is 17.7. The molecule has 7 nitrogen and oxygen atoms in total. The molecule has 0 radical (unpaired) electrons. The van der Waals surface area contributed by atoms with Crippen molar-refractivity contribution in [2.24, 2.45) is 0 Å². The lowest BCUT2D eigenvalue weighted by Crippen LogP contribution is -2.33. The molecule has 2 aromatic rings. The second-order valence-corrected chi connectivity index (χ2v) is 8.28. The van der Waals surface area contributed by atoms with E-state index in [1.165, 1.54) is 5.56 Å². The number of hydrogen-bond donors (Lipinski definition) is 1. The van der Waals surface area contributed by atoms with Crippen LogP contribution in [0, 0.1) is 0 Å². The zero-order valence-electron chi connectivity index (χ0n) is 17.7. The molecule has 1 N–H and O–H groups in total. The number of aromatic nitrogens is 2. The third-order valence-corrected chi connectivity index (χ3v) is 5.94. The Morgan fingerprint density at radius 3 is 2.93 bits per heavy atom. The molecule has 0 spiro atoms. The van der Waals surface area contributed by atoms with Gasteiger partial charge in [0, 0.05) is 32.3 Å². The minimum Gasteiger partial charge on any atom is -0.376 e. The Hall–Kier alpha value is -2.22. The van der Waals surface area contributed by atoms with E-state index in [0.717, 1.165) is 57.7 Å². The Morgan fingerprint density at radius 2 is 2.13 bits per heavy atom. The smallest absolute Gasteiger partial charge is 0.254 e. The molecule has 0 bridgehead atoms. The van der Waals surface area contributed by atoms with E-state index in [2.05, 4.69) is 39.6 Å². The Morgan fingerprint density at radius 1 is 1.27 bits per heavy atom. The number of carbonyl (C=O) groups is 1. The molecule has 1 aromatic heterocycles. The number of anilines is 1. The van der Waals surface area contributed by atoms with Gasteiger partial charge in [-0.15, -0.1) is 0 Å². The molecule has 7 heteroatoms. The maximum Gasteiger partial charge on any atom is 0.254 e. The van der Waals surface area contributed by atoms with Crippen LogP contribution in [0.3, 0.4) is 0 Å². The minimum absolute atomic E-state index is 0.105. The molecule has 0 unspecified atom stereocenters. The quantitative estimate of drug-likeness (QED) is 0.721. The van der Waals surface area contributed by atoms with E-state index in [9.17, 15) is 4.79 Å². The van der Waals surface area contributed by atoms with E-state index in [4.69, 9.17) is 9.47 Å². The summed E-state index contributed by atoms with van der Waals surface area (Å²) >= 11 is 0. The molecule has 2 fully saturated rings. The fraction of sp³-hybridized carbons (Fsp3) is 0.565. The first-order valence-corrected chi connectivity index (χ1v) is 11.0. The largest absolute Gasteiger partial charge is 0.376 e. The van der Waals surface area contributed by atoms with E-state index in [0.29, 0.717) is 6.61 Å². The summed E-state index contributed by atoms with van der Waals surface area (Å²) in [6, 6.07) is 12.6. The summed E-state index contributed by atoms with van der Waals surface area (Å²) in [6.07, 6.45) is 5.61. The lowest BCUT2D eigenvalue weighted by atomic mass is 10.1. The number of ether oxygens (including phenoxy) is 2. The summed E-state index contributed by atoms with van der Waals surface area (Å²) in [4.78, 5) is 15.1. The van der Waals surface area contributed by atoms with Crippen LogP contribution in [0.2, 0.25) is 0 Å². The van der Waals surface area contributed by atoms with Crippen LogP contribution in [0.25, 0.3) is 0 Å². The van der Waals surface area contributed by atoms with Crippen molar-refractivity contribution in [3.63, 3.8) is 0 Å². The van der Waals surface area contributed by atoms with Crippen LogP contribution in [0.5, 0.6) is 0 Å². The van der Waals surface area contributed by atoms with Gasteiger partial charge in [0.25, 0.3) is 5.91 Å². The van der Waals surface area contributed by atoms with Crippen molar-refractivity contribution >= 4 is 11.7 Å². The highest BCUT2D eigenvalue weighted by Gasteiger charge is 2.27. The maximum atomic E-state index is 12.6. The Balaban J connectivity index is 1.28. The fourth-order valence-electron chi connectivity index (χ4n) is 4.20. The second kappa shape index (κ2) is 10.2. The summed E-state index contributed by atoms with van der Waals surface area (Å²) in [6.45, 7) is 5.92. The van der Waals surface area contributed by atoms with Gasteiger partial charge in [-0.25, -0.2) is 4.68 Å². The molecule has 3 heterocycles. The molecule has 2 aliphatic rings. The summed E-state index contributed by atoms with van der Waals surface area (Å²) in [7, 11) is 0. The van der Waals surface area contributed by atoms with Crippen LogP contribution in [-0.4, -0.2) is 59.1 Å². The Bertz CT molecular complexity index is 804. The van der Waals surface area contributed by atoms with Gasteiger partial charge in [0.2, 0.25) is 0 Å². The Labute approximate surface area is 178 Å². The van der Waals surface area contributed by atoms with Crippen molar-refractivity contribution in [3.05, 3.63) is 48.2 Å². The fourth-order valence-corrected chi connectivity index (χ4v) is 4.20. The van der Waals surface area contributed by atoms with Crippen LogP contribution >= 0.6 is 0 Å². The van der Waals surface area contributed by atoms with Crippen molar-refractivity contribution < 1.29 is 14.3 Å². The number of likely N-dealkylation sites (tertiary alicyclic amines) is 1. The SMILES string of the molecule is C[C@H](OC[C@@H]1CCCCO1)C(=O)Nc1ccnn1[C@H]1CCN(Cc2ccccc2)C1. The maximum absolute atomic E-state index is 12.6. The second-order valence-electron chi connectivity index (χ2n) is 8.28. The van der Waals surface area contributed by atoms with Crippen molar-refractivity contribution in [1.82, 2.24) is 14.7 Å². The zero-order chi connectivity index (χ0) is 20.8. The van der Waals surface area contributed by atoms with Crippen LogP contribution in [0.15, 0.2) is 42.6 Å². The normalized spacial score (nSPS) is 23.4. The van der Waals surface area contributed by atoms with Gasteiger partial charge in [-0.05, 0) is 38.2 Å². The molecule has 1 amide bonds. The third kappa shape index (κ3) is 5.47. The number of amides is 1. The van der Waals surface area contributed by atoms with E-state index in [1.807, 2.05) is 16.8 Å². The topological polar surface area (TPSA) is 68.6 Å². The highest BCUT2D eigenvalue weighted by Crippen LogP contribution is 2.26. The van der Waals surface area contributed by atoms with Gasteiger partial charge in [0.15, 0.2) is 0 Å². The van der Waals surface area contributed by atoms with Gasteiger partial charge >= 0.3 is 0 Å². The molecule has 1 aromatic carbocycles. The van der Waals surface area contributed by atoms with Gasteiger partial charge in [0.1, 0.15) is 11.9 Å². The van der Waals surface area contributed by atoms with Gasteiger partial charge in [-0.1, -0.05) is 30.3 Å². The number of hydrogen-bond acceptors (Lipinski definition) is 5. The van der Waals surface area contributed by atoms with Crippen molar-refractivity contribution in [1.29, 1.82) is 0 Å². The van der Waals surface area contributed by atoms with Crippen LogP contribution in [0.1, 0.15) is 44.2 Å². The van der Waals surface area contributed by atoms with Gasteiger partial charge in [0.05, 0.1) is 24.9 Å². The first-order chi connectivity index (χ1) is 14.7. The summed E-state index contributed by atoms with van der Waals surface area (Å²) in [5.74, 6) is 0.586. The summed E-state index contributed by atoms with van der Waals surface area (Å²) in [5, 5.41) is 7.48. The number of nitrogens with zero attached hydrogens (tertiary/aromatic N) is 3. The molecule has 2 saturated heterocycles. The van der Waals surface area contributed by atoms with Crippen molar-refractivity contribution in [3.8, 4) is 0 Å². The third-order valence-electron chi connectivity index (χ3n) is 5.94. The first kappa shape index (κ1) is 21.0. The summed E-state index contributed by atoms with van der Waals surface area (Å²) < 4.78 is 13.4. The monoisotopic (exact) mass is 412 g/mol. The molecule has 30 heavy (non-hydrogen) atoms. The van der Waals surface area contributed by atoms with E-state index in [1.54, 1.807) is 13.1 Å². The van der Waals surface area contributed by atoms with Crippen LogP contribution < -0.4 is 5.32 Å². The number of rotatable bonds is 8. The van der Waals surface area contributed by atoms with Gasteiger partial charge < -0.3 is 14.8 Å². The molecule has 162 valence electrons. The highest BCUT2D eigenvalue weighted by molar-refractivity contribution is 5.93. The lowest BCUT2D eigenvalue weighted by molar-refractivity contribution is -0.130. The van der Waals surface area contributed by atoms with E-state index >= 15 is 0 Å². The highest BCUT2D eigenvalue weighted by atomic mass is 16.5. The number of nitrogens with one attached hydrogen (secondary N) is 1. The van der Waals surface area contributed by atoms with Gasteiger partial charge in [-0.2, -0.15) is 5.10 Å². The number of carbonyl (C=O) groups excluding carboxylic acids is 1. The molecule has 2 aliphatic heterocycles. The summed E-state index contributed by atoms with van der Waals surface area (Å²) in [5.41, 5.74) is 1.32. The molecule has 0 saturated carbocycles. The van der Waals surface area contributed by atoms with Crippen molar-refractivity contribution in [2.45, 2.75) is 57.4 Å². The molecule has 4 rings (SSSR count). The van der Waals surface area contributed by atoms with Crippen molar-refractivity contribution in [2.75, 3.05) is 31.6 Å².